The van der Waals surface area contributed by atoms with Crippen molar-refractivity contribution in [3.05, 3.63) is 59.8 Å². The SMILES string of the molecule is COc1cccc(NC(=O)C(c2c(C)n(C)c3ccccc23)N2CCC2=O)c1. The van der Waals surface area contributed by atoms with Gasteiger partial charge in [-0.25, -0.2) is 0 Å². The number of carbonyl (C=O) groups excluding carboxylic acids is 2. The molecule has 1 aromatic heterocycles. The number of nitrogens with one attached hydrogen (secondary N) is 1. The van der Waals surface area contributed by atoms with Gasteiger partial charge in [0.05, 0.1) is 7.11 Å². The number of nitrogens with zero attached hydrogens (tertiary/aromatic N) is 2. The van der Waals surface area contributed by atoms with Gasteiger partial charge in [-0.2, -0.15) is 0 Å². The van der Waals surface area contributed by atoms with Gasteiger partial charge in [-0.15, -0.1) is 0 Å². The summed E-state index contributed by atoms with van der Waals surface area (Å²) in [5, 5.41) is 3.96. The standard InChI is InChI=1S/C22H23N3O3/c1-14-20(17-9-4-5-10-18(17)24(14)2)21(25-12-11-19(25)26)22(27)23-15-7-6-8-16(13-15)28-3/h4-10,13,21H,11-12H2,1-3H3,(H,23,27). The van der Waals surface area contributed by atoms with Gasteiger partial charge in [0.1, 0.15) is 11.8 Å². The Hall–Kier alpha value is -3.28. The molecular formula is C22H23N3O3. The van der Waals surface area contributed by atoms with E-state index in [-0.39, 0.29) is 11.8 Å². The van der Waals surface area contributed by atoms with Gasteiger partial charge in [-0.3, -0.25) is 9.59 Å². The molecule has 0 spiro atoms. The summed E-state index contributed by atoms with van der Waals surface area (Å²) < 4.78 is 7.31. The highest BCUT2D eigenvalue weighted by atomic mass is 16.5. The number of carbonyl (C=O) groups is 2. The smallest absolute Gasteiger partial charge is 0.251 e. The van der Waals surface area contributed by atoms with Crippen LogP contribution in [0.5, 0.6) is 5.75 Å². The molecule has 1 aliphatic heterocycles. The number of aromatic nitrogens is 1. The first kappa shape index (κ1) is 18.1. The van der Waals surface area contributed by atoms with Crippen LogP contribution in [0.15, 0.2) is 48.5 Å². The molecule has 1 atom stereocenters. The van der Waals surface area contributed by atoms with Crippen molar-refractivity contribution < 1.29 is 14.3 Å². The molecule has 2 amide bonds. The van der Waals surface area contributed by atoms with Crippen LogP contribution in [-0.4, -0.2) is 34.9 Å². The summed E-state index contributed by atoms with van der Waals surface area (Å²) in [7, 11) is 3.57. The minimum Gasteiger partial charge on any atom is -0.497 e. The van der Waals surface area contributed by atoms with Crippen LogP contribution < -0.4 is 10.1 Å². The molecule has 2 heterocycles. The van der Waals surface area contributed by atoms with Crippen molar-refractivity contribution in [1.29, 1.82) is 0 Å². The average molecular weight is 377 g/mol. The number of benzene rings is 2. The molecule has 1 fully saturated rings. The summed E-state index contributed by atoms with van der Waals surface area (Å²) >= 11 is 0. The van der Waals surface area contributed by atoms with E-state index < -0.39 is 6.04 Å². The van der Waals surface area contributed by atoms with E-state index in [1.165, 1.54) is 0 Å². The first-order valence-corrected chi connectivity index (χ1v) is 9.29. The van der Waals surface area contributed by atoms with E-state index in [4.69, 9.17) is 4.74 Å². The van der Waals surface area contributed by atoms with Gasteiger partial charge in [0.2, 0.25) is 5.91 Å². The fourth-order valence-electron chi connectivity index (χ4n) is 3.84. The van der Waals surface area contributed by atoms with Crippen LogP contribution in [0, 0.1) is 6.92 Å². The fraction of sp³-hybridized carbons (Fsp3) is 0.273. The molecule has 6 nitrogen and oxygen atoms in total. The Labute approximate surface area is 163 Å². The Balaban J connectivity index is 1.78. The Morgan fingerprint density at radius 3 is 2.64 bits per heavy atom. The van der Waals surface area contributed by atoms with Gasteiger partial charge in [0.15, 0.2) is 0 Å². The number of aryl methyl sites for hydroxylation is 1. The molecule has 0 aliphatic carbocycles. The van der Waals surface area contributed by atoms with Gasteiger partial charge in [-0.05, 0) is 25.1 Å². The zero-order valence-corrected chi connectivity index (χ0v) is 16.2. The number of methoxy groups -OCH3 is 1. The molecule has 1 saturated heterocycles. The number of amides is 2. The molecule has 1 unspecified atom stereocenters. The summed E-state index contributed by atoms with van der Waals surface area (Å²) in [5.41, 5.74) is 3.54. The molecule has 28 heavy (non-hydrogen) atoms. The van der Waals surface area contributed by atoms with E-state index in [1.807, 2.05) is 56.4 Å². The lowest BCUT2D eigenvalue weighted by atomic mass is 9.97. The largest absolute Gasteiger partial charge is 0.497 e. The second-order valence-corrected chi connectivity index (χ2v) is 7.04. The van der Waals surface area contributed by atoms with Crippen molar-refractivity contribution in [1.82, 2.24) is 9.47 Å². The molecule has 0 saturated carbocycles. The van der Waals surface area contributed by atoms with Gasteiger partial charge in [0, 0.05) is 53.9 Å². The maximum absolute atomic E-state index is 13.3. The molecule has 144 valence electrons. The third kappa shape index (κ3) is 2.91. The molecule has 0 bridgehead atoms. The zero-order valence-electron chi connectivity index (χ0n) is 16.2. The Morgan fingerprint density at radius 1 is 1.18 bits per heavy atom. The second-order valence-electron chi connectivity index (χ2n) is 7.04. The van der Waals surface area contributed by atoms with E-state index >= 15 is 0 Å². The number of hydrogen-bond donors (Lipinski definition) is 1. The predicted molar refractivity (Wildman–Crippen MR) is 108 cm³/mol. The highest BCUT2D eigenvalue weighted by Crippen LogP contribution is 2.36. The van der Waals surface area contributed by atoms with E-state index in [9.17, 15) is 9.59 Å². The van der Waals surface area contributed by atoms with E-state index in [2.05, 4.69) is 9.88 Å². The first-order valence-electron chi connectivity index (χ1n) is 9.29. The molecule has 1 aliphatic rings. The lowest BCUT2D eigenvalue weighted by molar-refractivity contribution is -0.147. The summed E-state index contributed by atoms with van der Waals surface area (Å²) in [6, 6.07) is 14.5. The Morgan fingerprint density at radius 2 is 1.96 bits per heavy atom. The maximum Gasteiger partial charge on any atom is 0.251 e. The number of fused-ring (bicyclic) bond motifs is 1. The Kier molecular flexibility index (Phi) is 4.55. The third-order valence-corrected chi connectivity index (χ3v) is 5.51. The van der Waals surface area contributed by atoms with Gasteiger partial charge in [-0.1, -0.05) is 24.3 Å². The normalized spacial score (nSPS) is 14.7. The Bertz CT molecular complexity index is 1070. The summed E-state index contributed by atoms with van der Waals surface area (Å²) in [5.74, 6) is 0.439. The van der Waals surface area contributed by atoms with Crippen LogP contribution in [0.25, 0.3) is 10.9 Å². The van der Waals surface area contributed by atoms with Crippen molar-refractivity contribution in [3.63, 3.8) is 0 Å². The monoisotopic (exact) mass is 377 g/mol. The number of anilines is 1. The summed E-state index contributed by atoms with van der Waals surface area (Å²) in [4.78, 5) is 27.3. The van der Waals surface area contributed by atoms with Gasteiger partial charge >= 0.3 is 0 Å². The molecular weight excluding hydrogens is 354 g/mol. The highest BCUT2D eigenvalue weighted by molar-refractivity contribution is 6.02. The van der Waals surface area contributed by atoms with Crippen LogP contribution in [0.1, 0.15) is 23.7 Å². The lowest BCUT2D eigenvalue weighted by Crippen LogP contribution is -2.49. The third-order valence-electron chi connectivity index (χ3n) is 5.51. The second kappa shape index (κ2) is 7.03. The minimum absolute atomic E-state index is 0.00173. The molecule has 4 rings (SSSR count). The van der Waals surface area contributed by atoms with Crippen LogP contribution in [-0.2, 0) is 16.6 Å². The van der Waals surface area contributed by atoms with Crippen molar-refractivity contribution >= 4 is 28.4 Å². The van der Waals surface area contributed by atoms with Crippen molar-refractivity contribution in [2.75, 3.05) is 19.0 Å². The number of rotatable bonds is 5. The molecule has 0 radical (unpaired) electrons. The topological polar surface area (TPSA) is 63.6 Å². The van der Waals surface area contributed by atoms with Crippen molar-refractivity contribution in [3.8, 4) is 5.75 Å². The van der Waals surface area contributed by atoms with E-state index in [1.54, 1.807) is 18.1 Å². The van der Waals surface area contributed by atoms with Crippen LogP contribution in [0.3, 0.4) is 0 Å². The van der Waals surface area contributed by atoms with Crippen LogP contribution >= 0.6 is 0 Å². The predicted octanol–water partition coefficient (Wildman–Crippen LogP) is 3.41. The van der Waals surface area contributed by atoms with Gasteiger partial charge in [0.25, 0.3) is 5.91 Å². The van der Waals surface area contributed by atoms with Crippen molar-refractivity contribution in [2.24, 2.45) is 7.05 Å². The minimum atomic E-state index is -0.668. The van der Waals surface area contributed by atoms with Crippen molar-refractivity contribution in [2.45, 2.75) is 19.4 Å². The van der Waals surface area contributed by atoms with Gasteiger partial charge < -0.3 is 19.5 Å². The summed E-state index contributed by atoms with van der Waals surface area (Å²) in [6.45, 7) is 2.57. The van der Waals surface area contributed by atoms with E-state index in [0.29, 0.717) is 24.4 Å². The number of hydrogen-bond acceptors (Lipinski definition) is 3. The number of para-hydroxylation sites is 1. The molecule has 3 aromatic rings. The zero-order chi connectivity index (χ0) is 19.8. The number of likely N-dealkylation sites (tertiary alicyclic amines) is 1. The molecule has 2 aromatic carbocycles. The van der Waals surface area contributed by atoms with E-state index in [0.717, 1.165) is 22.2 Å². The maximum atomic E-state index is 13.3. The number of ether oxygens (including phenoxy) is 1. The first-order chi connectivity index (χ1) is 13.5. The lowest BCUT2D eigenvalue weighted by Gasteiger charge is -2.37. The van der Waals surface area contributed by atoms with Crippen LogP contribution in [0.4, 0.5) is 5.69 Å². The van der Waals surface area contributed by atoms with Crippen LogP contribution in [0.2, 0.25) is 0 Å². The quantitative estimate of drug-likeness (QED) is 0.693. The number of β-lactam (4-membered cyclic amide) rings is 1. The summed E-state index contributed by atoms with van der Waals surface area (Å²) in [6.07, 6.45) is 0.479. The highest BCUT2D eigenvalue weighted by Gasteiger charge is 2.39. The average Bonchev–Trinajstić information content (AvgIpc) is 2.95. The molecule has 1 N–H and O–H groups in total. The molecule has 6 heteroatoms. The fourth-order valence-corrected chi connectivity index (χ4v) is 3.84.